The summed E-state index contributed by atoms with van der Waals surface area (Å²) in [5.74, 6) is 2.00. The van der Waals surface area contributed by atoms with E-state index in [2.05, 4.69) is 20.4 Å². The van der Waals surface area contributed by atoms with Crippen LogP contribution < -0.4 is 10.1 Å². The van der Waals surface area contributed by atoms with Crippen LogP contribution >= 0.6 is 11.6 Å². The number of carbonyl (C=O) groups is 1. The van der Waals surface area contributed by atoms with Gasteiger partial charge in [0.1, 0.15) is 5.75 Å². The van der Waals surface area contributed by atoms with Gasteiger partial charge < -0.3 is 14.6 Å². The second-order valence-corrected chi connectivity index (χ2v) is 8.68. The van der Waals surface area contributed by atoms with Crippen LogP contribution in [0.4, 0.5) is 0 Å². The van der Waals surface area contributed by atoms with Gasteiger partial charge in [0.25, 0.3) is 0 Å². The largest absolute Gasteiger partial charge is 0.494 e. The van der Waals surface area contributed by atoms with E-state index in [1.54, 1.807) is 6.07 Å². The van der Waals surface area contributed by atoms with Crippen molar-refractivity contribution in [1.29, 1.82) is 0 Å². The second kappa shape index (κ2) is 10.8. The molecule has 4 rings (SSSR count). The van der Waals surface area contributed by atoms with Crippen molar-refractivity contribution in [3.63, 3.8) is 0 Å². The molecule has 8 heteroatoms. The summed E-state index contributed by atoms with van der Waals surface area (Å²) in [5.41, 5.74) is 1.82. The zero-order chi connectivity index (χ0) is 23.2. The van der Waals surface area contributed by atoms with Crippen LogP contribution in [0.3, 0.4) is 0 Å². The van der Waals surface area contributed by atoms with E-state index in [0.717, 1.165) is 42.8 Å². The zero-order valence-electron chi connectivity index (χ0n) is 19.0. The molecule has 1 atom stereocenters. The summed E-state index contributed by atoms with van der Waals surface area (Å²) in [6.45, 7) is 6.78. The van der Waals surface area contributed by atoms with E-state index < -0.39 is 0 Å². The summed E-state index contributed by atoms with van der Waals surface area (Å²) in [6, 6.07) is 15.3. The Morgan fingerprint density at radius 2 is 1.94 bits per heavy atom. The Balaban J connectivity index is 1.25. The van der Waals surface area contributed by atoms with Crippen molar-refractivity contribution in [3.05, 3.63) is 65.0 Å². The van der Waals surface area contributed by atoms with Crippen LogP contribution in [0.1, 0.15) is 44.2 Å². The lowest BCUT2D eigenvalue weighted by Gasteiger charge is -2.30. The minimum atomic E-state index is -0.0483. The molecule has 1 unspecified atom stereocenters. The first-order valence-electron chi connectivity index (χ1n) is 11.4. The number of nitrogens with zero attached hydrogens (tertiary/aromatic N) is 3. The number of piperidine rings is 1. The monoisotopic (exact) mass is 468 g/mol. The summed E-state index contributed by atoms with van der Waals surface area (Å²) < 4.78 is 10.9. The summed E-state index contributed by atoms with van der Waals surface area (Å²) in [7, 11) is 0. The fraction of sp³-hybridized carbons (Fsp3) is 0.400. The van der Waals surface area contributed by atoms with Gasteiger partial charge in [-0.15, -0.1) is 0 Å². The molecule has 1 amide bonds. The Kier molecular flexibility index (Phi) is 7.62. The highest BCUT2D eigenvalue weighted by Gasteiger charge is 2.27. The molecule has 1 aromatic heterocycles. The van der Waals surface area contributed by atoms with Crippen molar-refractivity contribution in [2.45, 2.75) is 39.3 Å². The molecule has 0 spiro atoms. The van der Waals surface area contributed by atoms with Gasteiger partial charge in [-0.05, 0) is 69.6 Å². The van der Waals surface area contributed by atoms with Crippen molar-refractivity contribution in [3.8, 4) is 17.1 Å². The fourth-order valence-electron chi connectivity index (χ4n) is 4.05. The summed E-state index contributed by atoms with van der Waals surface area (Å²) in [4.78, 5) is 19.5. The third-order valence-electron chi connectivity index (χ3n) is 5.95. The number of benzene rings is 2. The predicted molar refractivity (Wildman–Crippen MR) is 127 cm³/mol. The smallest absolute Gasteiger partial charge is 0.241 e. The first-order chi connectivity index (χ1) is 16.0. The van der Waals surface area contributed by atoms with Crippen LogP contribution in [0.15, 0.2) is 53.1 Å². The number of ether oxygens (including phenoxy) is 1. The van der Waals surface area contributed by atoms with Crippen molar-refractivity contribution in [1.82, 2.24) is 20.4 Å². The van der Waals surface area contributed by atoms with E-state index >= 15 is 0 Å². The molecule has 1 fully saturated rings. The number of aromatic nitrogens is 2. The van der Waals surface area contributed by atoms with Gasteiger partial charge in [-0.2, -0.15) is 4.98 Å². The van der Waals surface area contributed by atoms with Crippen molar-refractivity contribution in [2.24, 2.45) is 5.92 Å². The van der Waals surface area contributed by atoms with Crippen LogP contribution in [-0.2, 0) is 11.3 Å². The Hall–Kier alpha value is -2.90. The molecule has 7 nitrogen and oxygen atoms in total. The second-order valence-electron chi connectivity index (χ2n) is 8.27. The molecular weight excluding hydrogens is 440 g/mol. The molecule has 2 heterocycles. The van der Waals surface area contributed by atoms with Gasteiger partial charge in [0.2, 0.25) is 17.6 Å². The van der Waals surface area contributed by atoms with Crippen LogP contribution in [0.2, 0.25) is 5.02 Å². The number of rotatable bonds is 8. The number of hydrogen-bond acceptors (Lipinski definition) is 6. The van der Waals surface area contributed by atoms with E-state index in [4.69, 9.17) is 20.9 Å². The first kappa shape index (κ1) is 23.3. The number of likely N-dealkylation sites (tertiary alicyclic amines) is 1. The Morgan fingerprint density at radius 3 is 2.64 bits per heavy atom. The number of amides is 1. The third kappa shape index (κ3) is 5.92. The molecule has 0 radical (unpaired) electrons. The maximum atomic E-state index is 12.8. The molecule has 1 N–H and O–H groups in total. The standard InChI is InChI=1S/C25H29ClN4O3/c1-3-32-20-10-8-18(9-11-20)17(2)27-25(31)19-12-14-30(15-13-19)16-23-28-24(29-33-23)21-6-4-5-7-22(21)26/h4-11,17,19H,3,12-16H2,1-2H3,(H,27,31). The van der Waals surface area contributed by atoms with Crippen molar-refractivity contribution >= 4 is 17.5 Å². The Morgan fingerprint density at radius 1 is 1.21 bits per heavy atom. The minimum Gasteiger partial charge on any atom is -0.494 e. The zero-order valence-corrected chi connectivity index (χ0v) is 19.7. The molecule has 2 aromatic carbocycles. The topological polar surface area (TPSA) is 80.5 Å². The van der Waals surface area contributed by atoms with Gasteiger partial charge in [0, 0.05) is 11.5 Å². The number of hydrogen-bond donors (Lipinski definition) is 1. The summed E-state index contributed by atoms with van der Waals surface area (Å²) in [6.07, 6.45) is 1.60. The van der Waals surface area contributed by atoms with E-state index in [-0.39, 0.29) is 17.9 Å². The van der Waals surface area contributed by atoms with Gasteiger partial charge in [-0.1, -0.05) is 41.0 Å². The minimum absolute atomic E-state index is 0.00719. The van der Waals surface area contributed by atoms with E-state index in [9.17, 15) is 4.79 Å². The van der Waals surface area contributed by atoms with Crippen molar-refractivity contribution < 1.29 is 14.1 Å². The lowest BCUT2D eigenvalue weighted by atomic mass is 9.95. The maximum absolute atomic E-state index is 12.8. The number of carbonyl (C=O) groups excluding carboxylic acids is 1. The highest BCUT2D eigenvalue weighted by atomic mass is 35.5. The molecule has 174 valence electrons. The molecule has 1 saturated heterocycles. The van der Waals surface area contributed by atoms with E-state index in [1.807, 2.05) is 56.3 Å². The summed E-state index contributed by atoms with van der Waals surface area (Å²) in [5, 5.41) is 7.81. The first-order valence-corrected chi connectivity index (χ1v) is 11.7. The quantitative estimate of drug-likeness (QED) is 0.507. The Labute approximate surface area is 199 Å². The molecule has 0 bridgehead atoms. The van der Waals surface area contributed by atoms with Crippen molar-refractivity contribution in [2.75, 3.05) is 19.7 Å². The molecule has 33 heavy (non-hydrogen) atoms. The average molecular weight is 469 g/mol. The predicted octanol–water partition coefficient (Wildman–Crippen LogP) is 4.88. The van der Waals surface area contributed by atoms with E-state index in [1.165, 1.54) is 0 Å². The highest BCUT2D eigenvalue weighted by Crippen LogP contribution is 2.26. The SMILES string of the molecule is CCOc1ccc(C(C)NC(=O)C2CCN(Cc3nc(-c4ccccc4Cl)no3)CC2)cc1. The molecule has 3 aromatic rings. The van der Waals surface area contributed by atoms with Gasteiger partial charge in [-0.3, -0.25) is 9.69 Å². The lowest BCUT2D eigenvalue weighted by molar-refractivity contribution is -0.127. The average Bonchev–Trinajstić information content (AvgIpc) is 3.28. The molecule has 1 aliphatic rings. The normalized spacial score (nSPS) is 15.8. The van der Waals surface area contributed by atoms with Gasteiger partial charge in [0.05, 0.1) is 24.2 Å². The van der Waals surface area contributed by atoms with Crippen LogP contribution in [0, 0.1) is 5.92 Å². The molecule has 1 aliphatic heterocycles. The number of halogens is 1. The molecule has 0 saturated carbocycles. The number of nitrogens with one attached hydrogen (secondary N) is 1. The van der Waals surface area contributed by atoms with E-state index in [0.29, 0.717) is 29.9 Å². The maximum Gasteiger partial charge on any atom is 0.241 e. The third-order valence-corrected chi connectivity index (χ3v) is 6.28. The molecule has 0 aliphatic carbocycles. The molecular formula is C25H29ClN4O3. The lowest BCUT2D eigenvalue weighted by Crippen LogP contribution is -2.40. The van der Waals surface area contributed by atoms with Gasteiger partial charge in [0.15, 0.2) is 0 Å². The van der Waals surface area contributed by atoms with Crippen LogP contribution in [0.5, 0.6) is 5.75 Å². The van der Waals surface area contributed by atoms with Crippen LogP contribution in [0.25, 0.3) is 11.4 Å². The summed E-state index contributed by atoms with van der Waals surface area (Å²) >= 11 is 6.22. The van der Waals surface area contributed by atoms with Gasteiger partial charge in [-0.25, -0.2) is 0 Å². The van der Waals surface area contributed by atoms with Gasteiger partial charge >= 0.3 is 0 Å². The fourth-order valence-corrected chi connectivity index (χ4v) is 4.27. The van der Waals surface area contributed by atoms with Crippen LogP contribution in [-0.4, -0.2) is 40.6 Å². The Bertz CT molecular complexity index is 1060. The highest BCUT2D eigenvalue weighted by molar-refractivity contribution is 6.33.